The fourth-order valence-electron chi connectivity index (χ4n) is 2.21. The third-order valence-electron chi connectivity index (χ3n) is 3.53. The van der Waals surface area contributed by atoms with Crippen LogP contribution in [-0.2, 0) is 4.79 Å². The number of benzene rings is 1. The third kappa shape index (κ3) is 3.37. The zero-order chi connectivity index (χ0) is 14.5. The number of aliphatic hydroxyl groups excluding tert-OH is 1. The lowest BCUT2D eigenvalue weighted by Gasteiger charge is -2.25. The Hall–Kier alpha value is -1.85. The quantitative estimate of drug-likeness (QED) is 0.786. The van der Waals surface area contributed by atoms with Crippen molar-refractivity contribution in [2.24, 2.45) is 0 Å². The summed E-state index contributed by atoms with van der Waals surface area (Å²) >= 11 is 0. The maximum absolute atomic E-state index is 12.0. The number of rotatable bonds is 4. The predicted molar refractivity (Wildman–Crippen MR) is 77.5 cm³/mol. The Kier molecular flexibility index (Phi) is 4.76. The van der Waals surface area contributed by atoms with Crippen molar-refractivity contribution in [3.8, 4) is 5.75 Å². The van der Waals surface area contributed by atoms with E-state index in [-0.39, 0.29) is 11.9 Å². The number of ether oxygens (including phenoxy) is 1. The molecule has 5 heteroatoms. The number of hydrogen-bond acceptors (Lipinski definition) is 4. The zero-order valence-electron chi connectivity index (χ0n) is 11.7. The molecule has 1 aromatic rings. The number of aliphatic hydroxyl groups is 1. The molecule has 2 rings (SSSR count). The molecule has 20 heavy (non-hydrogen) atoms. The van der Waals surface area contributed by atoms with Crippen LogP contribution in [0.4, 0.5) is 0 Å². The highest BCUT2D eigenvalue weighted by molar-refractivity contribution is 5.91. The summed E-state index contributed by atoms with van der Waals surface area (Å²) in [6, 6.07) is 7.29. The average molecular weight is 276 g/mol. The number of carbonyl (C=O) groups is 1. The lowest BCUT2D eigenvalue weighted by molar-refractivity contribution is -0.127. The maximum Gasteiger partial charge on any atom is 0.246 e. The Labute approximate surface area is 118 Å². The first-order chi connectivity index (χ1) is 9.61. The first-order valence-electron chi connectivity index (χ1n) is 6.59. The van der Waals surface area contributed by atoms with Gasteiger partial charge in [0.1, 0.15) is 5.75 Å². The van der Waals surface area contributed by atoms with E-state index in [1.54, 1.807) is 25.1 Å². The molecule has 1 aliphatic rings. The standard InChI is InChI=1S/C15H20N2O3/c1-17(13-9-16-10-14(13)18)15(19)8-5-11-3-6-12(20-2)7-4-11/h3-8,13-14,16,18H,9-10H2,1-2H3/b8-5+/t13-,14-/m0/s1. The van der Waals surface area contributed by atoms with Gasteiger partial charge in [-0.05, 0) is 23.8 Å². The van der Waals surface area contributed by atoms with Gasteiger partial charge in [0.25, 0.3) is 0 Å². The molecule has 2 N–H and O–H groups in total. The smallest absolute Gasteiger partial charge is 0.246 e. The van der Waals surface area contributed by atoms with E-state index >= 15 is 0 Å². The molecule has 0 saturated carbocycles. The molecule has 1 aromatic carbocycles. The number of nitrogens with zero attached hydrogens (tertiary/aromatic N) is 1. The van der Waals surface area contributed by atoms with E-state index in [0.29, 0.717) is 13.1 Å². The van der Waals surface area contributed by atoms with Crippen LogP contribution in [0.3, 0.4) is 0 Å². The Balaban J connectivity index is 1.97. The molecule has 0 unspecified atom stereocenters. The average Bonchev–Trinajstić information content (AvgIpc) is 2.90. The van der Waals surface area contributed by atoms with Crippen molar-refractivity contribution in [1.82, 2.24) is 10.2 Å². The summed E-state index contributed by atoms with van der Waals surface area (Å²) in [6.45, 7) is 1.16. The molecular weight excluding hydrogens is 256 g/mol. The number of carbonyl (C=O) groups excluding carboxylic acids is 1. The van der Waals surface area contributed by atoms with Crippen LogP contribution >= 0.6 is 0 Å². The summed E-state index contributed by atoms with van der Waals surface area (Å²) in [6.07, 6.45) is 2.78. The number of amides is 1. The topological polar surface area (TPSA) is 61.8 Å². The van der Waals surface area contributed by atoms with E-state index in [0.717, 1.165) is 11.3 Å². The lowest BCUT2D eigenvalue weighted by atomic mass is 10.1. The van der Waals surface area contributed by atoms with Crippen molar-refractivity contribution >= 4 is 12.0 Å². The third-order valence-corrected chi connectivity index (χ3v) is 3.53. The molecule has 0 spiro atoms. The number of methoxy groups -OCH3 is 1. The van der Waals surface area contributed by atoms with Gasteiger partial charge in [0.15, 0.2) is 0 Å². The van der Waals surface area contributed by atoms with E-state index in [9.17, 15) is 9.90 Å². The van der Waals surface area contributed by atoms with E-state index in [1.165, 1.54) is 6.08 Å². The van der Waals surface area contributed by atoms with Crippen LogP contribution in [0.15, 0.2) is 30.3 Å². The Bertz CT molecular complexity index is 484. The van der Waals surface area contributed by atoms with Gasteiger partial charge >= 0.3 is 0 Å². The summed E-state index contributed by atoms with van der Waals surface area (Å²) < 4.78 is 5.08. The normalized spacial score (nSPS) is 22.1. The molecule has 1 saturated heterocycles. The largest absolute Gasteiger partial charge is 0.497 e. The molecule has 0 bridgehead atoms. The number of β-amino-alcohol motifs (C(OH)–C–C–N with tert-alkyl or cyclic N) is 1. The zero-order valence-corrected chi connectivity index (χ0v) is 11.7. The summed E-state index contributed by atoms with van der Waals surface area (Å²) in [7, 11) is 3.33. The molecule has 2 atom stereocenters. The van der Waals surface area contributed by atoms with Gasteiger partial charge in [0, 0.05) is 26.2 Å². The van der Waals surface area contributed by atoms with Crippen molar-refractivity contribution in [3.05, 3.63) is 35.9 Å². The number of nitrogens with one attached hydrogen (secondary N) is 1. The van der Waals surface area contributed by atoms with Crippen LogP contribution in [0.5, 0.6) is 5.75 Å². The van der Waals surface area contributed by atoms with Gasteiger partial charge in [-0.3, -0.25) is 4.79 Å². The predicted octanol–water partition coefficient (Wildman–Crippen LogP) is 0.499. The van der Waals surface area contributed by atoms with Crippen molar-refractivity contribution in [3.63, 3.8) is 0 Å². The van der Waals surface area contributed by atoms with Gasteiger partial charge < -0.3 is 20.1 Å². The van der Waals surface area contributed by atoms with E-state index in [4.69, 9.17) is 4.74 Å². The minimum Gasteiger partial charge on any atom is -0.497 e. The Morgan fingerprint density at radius 2 is 2.10 bits per heavy atom. The van der Waals surface area contributed by atoms with Crippen molar-refractivity contribution in [2.45, 2.75) is 12.1 Å². The van der Waals surface area contributed by atoms with E-state index in [1.807, 2.05) is 24.3 Å². The summed E-state index contributed by atoms with van der Waals surface area (Å²) in [5, 5.41) is 12.8. The molecule has 5 nitrogen and oxygen atoms in total. The fourth-order valence-corrected chi connectivity index (χ4v) is 2.21. The van der Waals surface area contributed by atoms with Crippen molar-refractivity contribution < 1.29 is 14.6 Å². The number of likely N-dealkylation sites (N-methyl/N-ethyl adjacent to an activating group) is 1. The highest BCUT2D eigenvalue weighted by atomic mass is 16.5. The van der Waals surface area contributed by atoms with E-state index < -0.39 is 6.10 Å². The van der Waals surface area contributed by atoms with E-state index in [2.05, 4.69) is 5.32 Å². The fraction of sp³-hybridized carbons (Fsp3) is 0.400. The monoisotopic (exact) mass is 276 g/mol. The molecule has 1 heterocycles. The molecule has 0 radical (unpaired) electrons. The minimum atomic E-state index is -0.502. The second-order valence-corrected chi connectivity index (χ2v) is 4.85. The van der Waals surface area contributed by atoms with Crippen LogP contribution in [0.25, 0.3) is 6.08 Å². The van der Waals surface area contributed by atoms with Gasteiger partial charge in [-0.15, -0.1) is 0 Å². The summed E-state index contributed by atoms with van der Waals surface area (Å²) in [5.74, 6) is 0.666. The van der Waals surface area contributed by atoms with Gasteiger partial charge in [-0.25, -0.2) is 0 Å². The van der Waals surface area contributed by atoms with Crippen LogP contribution in [0, 0.1) is 0 Å². The van der Waals surface area contributed by atoms with Gasteiger partial charge in [-0.1, -0.05) is 12.1 Å². The molecule has 1 fully saturated rings. The highest BCUT2D eigenvalue weighted by Gasteiger charge is 2.30. The maximum atomic E-state index is 12.0. The van der Waals surface area contributed by atoms with Crippen LogP contribution in [-0.4, -0.2) is 55.3 Å². The molecule has 1 amide bonds. The molecule has 0 aromatic heterocycles. The van der Waals surface area contributed by atoms with Crippen LogP contribution in [0.1, 0.15) is 5.56 Å². The summed E-state index contributed by atoms with van der Waals surface area (Å²) in [4.78, 5) is 13.6. The summed E-state index contributed by atoms with van der Waals surface area (Å²) in [5.41, 5.74) is 0.928. The molecular formula is C15H20N2O3. The Morgan fingerprint density at radius 3 is 2.65 bits per heavy atom. The number of hydrogen-bond donors (Lipinski definition) is 2. The van der Waals surface area contributed by atoms with Gasteiger partial charge in [0.2, 0.25) is 5.91 Å². The molecule has 1 aliphatic heterocycles. The molecule has 0 aliphatic carbocycles. The Morgan fingerprint density at radius 1 is 1.40 bits per heavy atom. The van der Waals surface area contributed by atoms with Crippen LogP contribution in [0.2, 0.25) is 0 Å². The second kappa shape index (κ2) is 6.54. The molecule has 108 valence electrons. The SMILES string of the molecule is COc1ccc(/C=C/C(=O)N(C)[C@H]2CNC[C@@H]2O)cc1. The van der Waals surface area contributed by atoms with Gasteiger partial charge in [-0.2, -0.15) is 0 Å². The van der Waals surface area contributed by atoms with Crippen molar-refractivity contribution in [1.29, 1.82) is 0 Å². The lowest BCUT2D eigenvalue weighted by Crippen LogP contribution is -2.43. The van der Waals surface area contributed by atoms with Crippen LogP contribution < -0.4 is 10.1 Å². The minimum absolute atomic E-state index is 0.117. The second-order valence-electron chi connectivity index (χ2n) is 4.85. The van der Waals surface area contributed by atoms with Gasteiger partial charge in [0.05, 0.1) is 19.3 Å². The van der Waals surface area contributed by atoms with Crippen molar-refractivity contribution in [2.75, 3.05) is 27.2 Å². The highest BCUT2D eigenvalue weighted by Crippen LogP contribution is 2.13. The first kappa shape index (κ1) is 14.6. The first-order valence-corrected chi connectivity index (χ1v) is 6.59.